The number of aromatic nitrogens is 1. The van der Waals surface area contributed by atoms with Gasteiger partial charge in [0.2, 0.25) is 5.91 Å². The molecule has 3 rings (SSSR count). The topological polar surface area (TPSA) is 80.3 Å². The van der Waals surface area contributed by atoms with Crippen LogP contribution in [0.3, 0.4) is 0 Å². The van der Waals surface area contributed by atoms with Crippen molar-refractivity contribution >= 4 is 38.4 Å². The molecule has 0 aliphatic rings. The van der Waals surface area contributed by atoms with Crippen LogP contribution in [0, 0.1) is 5.82 Å². The number of thiophene rings is 1. The number of benzene rings is 1. The first-order valence-electron chi connectivity index (χ1n) is 9.46. The van der Waals surface area contributed by atoms with Gasteiger partial charge in [-0.2, -0.15) is 0 Å². The van der Waals surface area contributed by atoms with Crippen molar-refractivity contribution in [2.24, 2.45) is 0 Å². The molecule has 0 aliphatic heterocycles. The third kappa shape index (κ3) is 5.21. The number of ether oxygens (including phenoxy) is 1. The average molecular weight is 428 g/mol. The number of anilines is 1. The number of fused-ring (bicyclic) bond motifs is 1. The van der Waals surface area contributed by atoms with E-state index in [1.165, 1.54) is 17.4 Å². The van der Waals surface area contributed by atoms with E-state index in [2.05, 4.69) is 22.2 Å². The maximum absolute atomic E-state index is 13.9. The average Bonchev–Trinajstić information content (AvgIpc) is 3.16. The largest absolute Gasteiger partial charge is 0.445 e. The molecule has 2 amide bonds. The highest BCUT2D eigenvalue weighted by atomic mass is 32.1. The van der Waals surface area contributed by atoms with Gasteiger partial charge in [0.25, 0.3) is 0 Å². The molecule has 2 heterocycles. The quantitative estimate of drug-likeness (QED) is 0.514. The number of hydrogen-bond donors (Lipinski definition) is 2. The predicted molar refractivity (Wildman–Crippen MR) is 116 cm³/mol. The number of nitrogens with zero attached hydrogens (tertiary/aromatic N) is 1. The Kier molecular flexibility index (Phi) is 7.13. The van der Waals surface area contributed by atoms with Crippen molar-refractivity contribution in [3.63, 3.8) is 0 Å². The summed E-state index contributed by atoms with van der Waals surface area (Å²) >= 11 is 1.24. The van der Waals surface area contributed by atoms with E-state index in [1.54, 1.807) is 12.3 Å². The number of alkyl carbamates (subject to hydrolysis) is 1. The zero-order valence-corrected chi connectivity index (χ0v) is 17.3. The normalized spacial score (nSPS) is 11.7. The molecule has 0 bridgehead atoms. The van der Waals surface area contributed by atoms with Crippen molar-refractivity contribution in [2.75, 3.05) is 18.5 Å². The SMILES string of the molecule is C=CCOC(=O)NC[C@@H](C(=O)Nc1cc2c(F)cncc2s1)c1ccc(CC)cc1. The summed E-state index contributed by atoms with van der Waals surface area (Å²) in [4.78, 5) is 28.7. The molecule has 8 heteroatoms. The van der Waals surface area contributed by atoms with Gasteiger partial charge in [-0.15, -0.1) is 11.3 Å². The van der Waals surface area contributed by atoms with Crippen LogP contribution < -0.4 is 10.6 Å². The Labute approximate surface area is 177 Å². The molecule has 1 aromatic carbocycles. The fourth-order valence-electron chi connectivity index (χ4n) is 2.92. The highest BCUT2D eigenvalue weighted by molar-refractivity contribution is 7.22. The summed E-state index contributed by atoms with van der Waals surface area (Å²) in [5.74, 6) is -1.41. The summed E-state index contributed by atoms with van der Waals surface area (Å²) in [7, 11) is 0. The van der Waals surface area contributed by atoms with E-state index < -0.39 is 17.8 Å². The number of halogens is 1. The number of amides is 2. The van der Waals surface area contributed by atoms with E-state index in [-0.39, 0.29) is 19.1 Å². The first-order valence-corrected chi connectivity index (χ1v) is 10.3. The maximum Gasteiger partial charge on any atom is 0.407 e. The lowest BCUT2D eigenvalue weighted by Gasteiger charge is -2.18. The van der Waals surface area contributed by atoms with Gasteiger partial charge in [0.1, 0.15) is 12.4 Å². The van der Waals surface area contributed by atoms with Gasteiger partial charge in [-0.05, 0) is 23.6 Å². The van der Waals surface area contributed by atoms with E-state index in [4.69, 9.17) is 4.74 Å². The van der Waals surface area contributed by atoms with Crippen LogP contribution in [0.2, 0.25) is 0 Å². The molecule has 6 nitrogen and oxygen atoms in total. The molecule has 0 unspecified atom stereocenters. The van der Waals surface area contributed by atoms with E-state index in [0.717, 1.165) is 23.7 Å². The van der Waals surface area contributed by atoms with E-state index >= 15 is 0 Å². The lowest BCUT2D eigenvalue weighted by Crippen LogP contribution is -2.34. The molecule has 1 atom stereocenters. The molecule has 3 aromatic rings. The number of aryl methyl sites for hydroxylation is 1. The first-order chi connectivity index (χ1) is 14.5. The molecule has 0 saturated heterocycles. The van der Waals surface area contributed by atoms with Crippen LogP contribution in [0.4, 0.5) is 14.2 Å². The molecule has 0 spiro atoms. The fourth-order valence-corrected chi connectivity index (χ4v) is 3.86. The molecule has 30 heavy (non-hydrogen) atoms. The Morgan fingerprint density at radius 1 is 1.30 bits per heavy atom. The Morgan fingerprint density at radius 2 is 2.07 bits per heavy atom. The zero-order valence-electron chi connectivity index (χ0n) is 16.5. The monoisotopic (exact) mass is 427 g/mol. The zero-order chi connectivity index (χ0) is 21.5. The molecule has 0 radical (unpaired) electrons. The highest BCUT2D eigenvalue weighted by Crippen LogP contribution is 2.31. The molecule has 2 N–H and O–H groups in total. The molecular formula is C22H22FN3O3S. The number of pyridine rings is 1. The van der Waals surface area contributed by atoms with Crippen LogP contribution >= 0.6 is 11.3 Å². The van der Waals surface area contributed by atoms with Gasteiger partial charge in [-0.25, -0.2) is 9.18 Å². The minimum atomic E-state index is -0.652. The minimum Gasteiger partial charge on any atom is -0.445 e. The van der Waals surface area contributed by atoms with Crippen LogP contribution in [0.15, 0.2) is 55.4 Å². The van der Waals surface area contributed by atoms with Crippen LogP contribution in [0.25, 0.3) is 10.1 Å². The van der Waals surface area contributed by atoms with Crippen molar-refractivity contribution < 1.29 is 18.7 Å². The predicted octanol–water partition coefficient (Wildman–Crippen LogP) is 4.63. The highest BCUT2D eigenvalue weighted by Gasteiger charge is 2.23. The molecular weight excluding hydrogens is 405 g/mol. The Bertz CT molecular complexity index is 1050. The summed E-state index contributed by atoms with van der Waals surface area (Å²) in [6.07, 6.45) is 4.40. The lowest BCUT2D eigenvalue weighted by atomic mass is 9.96. The standard InChI is InChI=1S/C22H22FN3O3S/c1-3-9-29-22(28)25-11-17(15-7-5-14(4-2)6-8-15)21(27)26-20-10-16-18(23)12-24-13-19(16)30-20/h3,5-8,10,12-13,17H,1,4,9,11H2,2H3,(H,25,28)(H,26,27)/t17-/m1/s1. The number of carbonyl (C=O) groups is 2. The first kappa shape index (κ1) is 21.4. The fraction of sp³-hybridized carbons (Fsp3) is 0.227. The third-order valence-corrected chi connectivity index (χ3v) is 5.52. The van der Waals surface area contributed by atoms with Crippen LogP contribution in [0.5, 0.6) is 0 Å². The molecule has 0 aliphatic carbocycles. The van der Waals surface area contributed by atoms with Crippen LogP contribution in [-0.4, -0.2) is 30.1 Å². The second-order valence-electron chi connectivity index (χ2n) is 6.55. The van der Waals surface area contributed by atoms with E-state index in [1.807, 2.05) is 31.2 Å². The van der Waals surface area contributed by atoms with Crippen LogP contribution in [-0.2, 0) is 16.0 Å². The van der Waals surface area contributed by atoms with Crippen molar-refractivity contribution in [1.82, 2.24) is 10.3 Å². The van der Waals surface area contributed by atoms with Gasteiger partial charge >= 0.3 is 6.09 Å². The number of carbonyl (C=O) groups excluding carboxylic acids is 2. The lowest BCUT2D eigenvalue weighted by molar-refractivity contribution is -0.117. The smallest absolute Gasteiger partial charge is 0.407 e. The van der Waals surface area contributed by atoms with Crippen molar-refractivity contribution in [2.45, 2.75) is 19.3 Å². The van der Waals surface area contributed by atoms with Gasteiger partial charge in [0.15, 0.2) is 0 Å². The molecule has 2 aromatic heterocycles. The van der Waals surface area contributed by atoms with Crippen LogP contribution in [0.1, 0.15) is 24.0 Å². The van der Waals surface area contributed by atoms with E-state index in [9.17, 15) is 14.0 Å². The van der Waals surface area contributed by atoms with Gasteiger partial charge in [-0.3, -0.25) is 9.78 Å². The number of nitrogens with one attached hydrogen (secondary N) is 2. The van der Waals surface area contributed by atoms with Gasteiger partial charge < -0.3 is 15.4 Å². The Hall–Kier alpha value is -3.26. The summed E-state index contributed by atoms with van der Waals surface area (Å²) in [5.41, 5.74) is 1.89. The van der Waals surface area contributed by atoms with Gasteiger partial charge in [-0.1, -0.05) is 43.8 Å². The summed E-state index contributed by atoms with van der Waals surface area (Å²) < 4.78 is 19.5. The van der Waals surface area contributed by atoms with Crippen molar-refractivity contribution in [1.29, 1.82) is 0 Å². The van der Waals surface area contributed by atoms with E-state index in [0.29, 0.717) is 15.1 Å². The molecule has 0 saturated carbocycles. The summed E-state index contributed by atoms with van der Waals surface area (Å²) in [5, 5.41) is 6.35. The Balaban J connectivity index is 1.79. The molecule has 0 fully saturated rings. The molecule has 156 valence electrons. The second-order valence-corrected chi connectivity index (χ2v) is 7.63. The Morgan fingerprint density at radius 3 is 2.73 bits per heavy atom. The number of rotatable bonds is 8. The minimum absolute atomic E-state index is 0.0497. The number of hydrogen-bond acceptors (Lipinski definition) is 5. The summed E-state index contributed by atoms with van der Waals surface area (Å²) in [6.45, 7) is 5.67. The maximum atomic E-state index is 13.9. The van der Waals surface area contributed by atoms with Gasteiger partial charge in [0.05, 0.1) is 21.8 Å². The van der Waals surface area contributed by atoms with Gasteiger partial charge in [0, 0.05) is 18.1 Å². The third-order valence-electron chi connectivity index (χ3n) is 4.53. The summed E-state index contributed by atoms with van der Waals surface area (Å²) in [6, 6.07) is 9.22. The van der Waals surface area contributed by atoms with Crippen molar-refractivity contribution in [3.8, 4) is 0 Å². The van der Waals surface area contributed by atoms with Crippen molar-refractivity contribution in [3.05, 3.63) is 72.3 Å². The second kappa shape index (κ2) is 9.98.